The number of thioether (sulfide) groups is 1. The third-order valence-electron chi connectivity index (χ3n) is 4.78. The minimum atomic E-state index is -3.72. The average Bonchev–Trinajstić information content (AvgIpc) is 2.88. The molecule has 1 atom stereocenters. The van der Waals surface area contributed by atoms with Crippen LogP contribution in [0, 0.1) is 0 Å². The number of hydroxylamine groups is 1. The molecular weight excluding hydrogens is 577 g/mol. The van der Waals surface area contributed by atoms with Crippen molar-refractivity contribution in [3.05, 3.63) is 58.6 Å². The number of hydrogen-bond donors (Lipinski definition) is 4. The number of sulfonamides is 1. The zero-order chi connectivity index (χ0) is 24.4. The second-order valence-corrected chi connectivity index (χ2v) is 10.5. The first-order valence-electron chi connectivity index (χ1n) is 10.1. The number of rotatable bonds is 8. The first kappa shape index (κ1) is 30.8. The van der Waals surface area contributed by atoms with Gasteiger partial charge in [0.1, 0.15) is 0 Å². The molecule has 2 aromatic rings. The van der Waals surface area contributed by atoms with Crippen LogP contribution in [0.3, 0.4) is 0 Å². The van der Waals surface area contributed by atoms with Gasteiger partial charge in [-0.3, -0.25) is 19.1 Å². The Labute approximate surface area is 234 Å². The summed E-state index contributed by atoms with van der Waals surface area (Å²) in [5, 5.41) is 14.2. The summed E-state index contributed by atoms with van der Waals surface area (Å²) in [6.45, 7) is 2.88. The molecule has 2 amide bonds. The van der Waals surface area contributed by atoms with E-state index in [4.69, 9.17) is 16.8 Å². The second-order valence-electron chi connectivity index (χ2n) is 6.84. The van der Waals surface area contributed by atoms with Crippen molar-refractivity contribution in [1.82, 2.24) is 16.1 Å². The molecule has 0 aliphatic carbocycles. The second kappa shape index (κ2) is 15.0. The van der Waals surface area contributed by atoms with Crippen molar-refractivity contribution in [3.63, 3.8) is 0 Å². The molecule has 0 bridgehead atoms. The maximum atomic E-state index is 13.0. The smallest absolute Gasteiger partial charge is 0.264 e. The van der Waals surface area contributed by atoms with E-state index < -0.39 is 10.0 Å². The molecular formula is C21H27ClN4O5S2Y. The molecule has 1 aliphatic rings. The molecule has 1 unspecified atom stereocenters. The summed E-state index contributed by atoms with van der Waals surface area (Å²) >= 11 is 7.53. The molecule has 183 valence electrons. The zero-order valence-electron chi connectivity index (χ0n) is 18.8. The van der Waals surface area contributed by atoms with E-state index in [0.717, 1.165) is 11.3 Å². The Morgan fingerprint density at radius 2 is 1.91 bits per heavy atom. The Hall–Kier alpha value is -1.21. The number of amides is 2. The number of carbonyl (C=O) groups is 2. The third kappa shape index (κ3) is 7.91. The van der Waals surface area contributed by atoms with Crippen molar-refractivity contribution >= 4 is 51.4 Å². The van der Waals surface area contributed by atoms with E-state index in [1.165, 1.54) is 29.2 Å². The molecule has 0 saturated carbocycles. The van der Waals surface area contributed by atoms with E-state index in [1.807, 2.05) is 19.1 Å². The third-order valence-corrected chi connectivity index (χ3v) is 7.71. The zero-order valence-corrected chi connectivity index (χ0v) is 24.1. The van der Waals surface area contributed by atoms with Gasteiger partial charge in [-0.15, -0.1) is 0 Å². The molecule has 4 N–H and O–H groups in total. The largest absolute Gasteiger partial charge is 0.357 e. The summed E-state index contributed by atoms with van der Waals surface area (Å²) in [6.07, 6.45) is 0.634. The van der Waals surface area contributed by atoms with Gasteiger partial charge >= 0.3 is 0 Å². The summed E-state index contributed by atoms with van der Waals surface area (Å²) in [5.74, 6) is 0.900. The Bertz CT molecular complexity index is 1070. The molecule has 0 spiro atoms. The predicted molar refractivity (Wildman–Crippen MR) is 130 cm³/mol. The number of carbonyl (C=O) groups excluding carboxylic acids is 2. The van der Waals surface area contributed by atoms with Crippen LogP contribution in [0.2, 0.25) is 5.02 Å². The fourth-order valence-electron chi connectivity index (χ4n) is 3.23. The normalized spacial score (nSPS) is 15.3. The van der Waals surface area contributed by atoms with Crippen LogP contribution in [-0.4, -0.2) is 57.6 Å². The van der Waals surface area contributed by atoms with Crippen LogP contribution in [0.25, 0.3) is 0 Å². The number of halogens is 1. The van der Waals surface area contributed by atoms with Gasteiger partial charge in [0.05, 0.1) is 22.4 Å². The van der Waals surface area contributed by atoms with Crippen LogP contribution in [0.5, 0.6) is 0 Å². The van der Waals surface area contributed by atoms with E-state index in [9.17, 15) is 18.0 Å². The number of fused-ring (bicyclic) bond motifs is 2. The molecule has 0 saturated heterocycles. The van der Waals surface area contributed by atoms with E-state index in [-0.39, 0.29) is 49.6 Å². The van der Waals surface area contributed by atoms with E-state index in [0.29, 0.717) is 41.5 Å². The standard InChI is InChI=1S/C17H18ClN3O3S.C4H9NO2S.Y/c1-21-15-5-3-2-4-13(15)17(20-9-8-19-11-22)14-7-6-12(18)10-16(14)25(21,23)24;1-2-8-3-4(6)5-7;/h2-7,10-11,17,20H,8-9H2,1H3,(H,19,22);7H,2-3H2,1H3,(H,5,6);. The van der Waals surface area contributed by atoms with Crippen molar-refractivity contribution in [3.8, 4) is 0 Å². The van der Waals surface area contributed by atoms with E-state index in [2.05, 4.69) is 10.6 Å². The predicted octanol–water partition coefficient (Wildman–Crippen LogP) is 2.15. The number of benzene rings is 2. The van der Waals surface area contributed by atoms with Crippen molar-refractivity contribution in [2.45, 2.75) is 17.9 Å². The van der Waals surface area contributed by atoms with Gasteiger partial charge in [0.15, 0.2) is 0 Å². The molecule has 13 heteroatoms. The Kier molecular flexibility index (Phi) is 13.6. The minimum Gasteiger partial charge on any atom is -0.357 e. The summed E-state index contributed by atoms with van der Waals surface area (Å²) in [4.78, 5) is 20.8. The summed E-state index contributed by atoms with van der Waals surface area (Å²) in [5.41, 5.74) is 3.63. The average molecular weight is 604 g/mol. The molecule has 9 nitrogen and oxygen atoms in total. The summed E-state index contributed by atoms with van der Waals surface area (Å²) < 4.78 is 27.4. The number of hydrogen-bond acceptors (Lipinski definition) is 7. The molecule has 1 radical (unpaired) electrons. The number of para-hydroxylation sites is 1. The van der Waals surface area contributed by atoms with Crippen molar-refractivity contribution in [2.24, 2.45) is 0 Å². The summed E-state index contributed by atoms with van der Waals surface area (Å²) in [7, 11) is -2.19. The molecule has 34 heavy (non-hydrogen) atoms. The Morgan fingerprint density at radius 1 is 1.21 bits per heavy atom. The quantitative estimate of drug-likeness (QED) is 0.158. The maximum absolute atomic E-state index is 13.0. The summed E-state index contributed by atoms with van der Waals surface area (Å²) in [6, 6.07) is 11.9. The Balaban J connectivity index is 0.000000556. The molecule has 1 aliphatic heterocycles. The molecule has 1 heterocycles. The van der Waals surface area contributed by atoms with Gasteiger partial charge in [-0.1, -0.05) is 42.8 Å². The number of nitrogens with zero attached hydrogens (tertiary/aromatic N) is 1. The fraction of sp³-hybridized carbons (Fsp3) is 0.333. The van der Waals surface area contributed by atoms with Crippen LogP contribution in [0.4, 0.5) is 5.69 Å². The van der Waals surface area contributed by atoms with Crippen LogP contribution in [0.15, 0.2) is 47.4 Å². The van der Waals surface area contributed by atoms with Gasteiger partial charge in [-0.05, 0) is 35.1 Å². The Morgan fingerprint density at radius 3 is 2.56 bits per heavy atom. The van der Waals surface area contributed by atoms with Crippen LogP contribution in [0.1, 0.15) is 24.1 Å². The van der Waals surface area contributed by atoms with Gasteiger partial charge in [-0.25, -0.2) is 13.9 Å². The van der Waals surface area contributed by atoms with Gasteiger partial charge in [-0.2, -0.15) is 11.8 Å². The van der Waals surface area contributed by atoms with Crippen LogP contribution >= 0.6 is 23.4 Å². The minimum absolute atomic E-state index is 0. The SMILES string of the molecule is CCSCC(=O)NO.CN1c2ccccc2C(NCCNC=O)c2ccc(Cl)cc2S1(=O)=O.[Y]. The maximum Gasteiger partial charge on any atom is 0.264 e. The van der Waals surface area contributed by atoms with Crippen molar-refractivity contribution < 1.29 is 55.9 Å². The first-order chi connectivity index (χ1) is 15.8. The van der Waals surface area contributed by atoms with Crippen LogP contribution < -0.4 is 20.4 Å². The van der Waals surface area contributed by atoms with Crippen molar-refractivity contribution in [2.75, 3.05) is 35.9 Å². The monoisotopic (exact) mass is 603 g/mol. The van der Waals surface area contributed by atoms with E-state index >= 15 is 0 Å². The van der Waals surface area contributed by atoms with Gasteiger partial charge in [0, 0.05) is 57.9 Å². The van der Waals surface area contributed by atoms with Gasteiger partial charge in [0.25, 0.3) is 15.9 Å². The van der Waals surface area contributed by atoms with Gasteiger partial charge in [0.2, 0.25) is 6.41 Å². The fourth-order valence-corrected chi connectivity index (χ4v) is 5.40. The molecule has 2 aromatic carbocycles. The van der Waals surface area contributed by atoms with Crippen molar-refractivity contribution in [1.29, 1.82) is 0 Å². The van der Waals surface area contributed by atoms with Crippen LogP contribution in [-0.2, 0) is 52.3 Å². The molecule has 0 fully saturated rings. The number of nitrogens with one attached hydrogen (secondary N) is 3. The topological polar surface area (TPSA) is 128 Å². The first-order valence-corrected chi connectivity index (χ1v) is 13.0. The van der Waals surface area contributed by atoms with Gasteiger partial charge < -0.3 is 10.6 Å². The number of anilines is 1. The van der Waals surface area contributed by atoms with E-state index in [1.54, 1.807) is 29.7 Å². The molecule has 3 rings (SSSR count). The molecule has 0 aromatic heterocycles.